The molecule has 9 heteroatoms. The van der Waals surface area contributed by atoms with E-state index in [0.29, 0.717) is 11.8 Å². The maximum atomic E-state index is 12.2. The molecule has 1 radical (unpaired) electrons. The summed E-state index contributed by atoms with van der Waals surface area (Å²) in [5.74, 6) is 0.521. The van der Waals surface area contributed by atoms with E-state index in [2.05, 4.69) is 9.98 Å². The molecule has 1 amide bonds. The Morgan fingerprint density at radius 1 is 1.45 bits per heavy atom. The molecule has 0 aromatic rings. The first-order valence-electron chi connectivity index (χ1n) is 6.95. The Bertz CT molecular complexity index is 585. The number of amides is 1. The average Bonchev–Trinajstić information content (AvgIpc) is 2.99. The number of nitrogens with zero attached hydrogens (tertiary/aromatic N) is 5. The lowest BCUT2D eigenvalue weighted by Gasteiger charge is -2.21. The highest BCUT2D eigenvalue weighted by molar-refractivity contribution is 6.19. The second-order valence-electron chi connectivity index (χ2n) is 5.64. The summed E-state index contributed by atoms with van der Waals surface area (Å²) in [7, 11) is 5.27. The van der Waals surface area contributed by atoms with Crippen LogP contribution in [0.5, 0.6) is 0 Å². The summed E-state index contributed by atoms with van der Waals surface area (Å²) in [6.45, 7) is -0.281. The highest BCUT2D eigenvalue weighted by Crippen LogP contribution is 2.25. The van der Waals surface area contributed by atoms with Crippen molar-refractivity contribution in [1.29, 1.82) is 0 Å². The van der Waals surface area contributed by atoms with Crippen molar-refractivity contribution >= 4 is 24.0 Å². The molecule has 1 saturated heterocycles. The van der Waals surface area contributed by atoms with Crippen molar-refractivity contribution in [2.24, 2.45) is 9.98 Å². The molecule has 2 N–H and O–H groups in total. The summed E-state index contributed by atoms with van der Waals surface area (Å²) in [5.41, 5.74) is 0. The van der Waals surface area contributed by atoms with Gasteiger partial charge in [0.2, 0.25) is 18.5 Å². The summed E-state index contributed by atoms with van der Waals surface area (Å²) >= 11 is 0. The molecule has 3 aliphatic heterocycles. The van der Waals surface area contributed by atoms with Gasteiger partial charge < -0.3 is 19.8 Å². The molecule has 4 atom stereocenters. The fraction of sp³-hybridized carbons (Fsp3) is 0.615. The Labute approximate surface area is 127 Å². The smallest absolute Gasteiger partial charge is 0.304 e. The predicted molar refractivity (Wildman–Crippen MR) is 77.5 cm³/mol. The van der Waals surface area contributed by atoms with Crippen LogP contribution in [0.2, 0.25) is 0 Å². The normalized spacial score (nSPS) is 34.3. The third-order valence-electron chi connectivity index (χ3n) is 3.79. The first-order valence-corrected chi connectivity index (χ1v) is 6.95. The molecule has 0 bridgehead atoms. The third-order valence-corrected chi connectivity index (χ3v) is 3.79. The van der Waals surface area contributed by atoms with E-state index < -0.39 is 24.5 Å². The van der Waals surface area contributed by atoms with Crippen LogP contribution in [-0.4, -0.2) is 101 Å². The van der Waals surface area contributed by atoms with Crippen molar-refractivity contribution in [3.63, 3.8) is 0 Å². The van der Waals surface area contributed by atoms with Crippen LogP contribution in [0.3, 0.4) is 0 Å². The Hall–Kier alpha value is -1.84. The van der Waals surface area contributed by atoms with E-state index in [1.165, 1.54) is 0 Å². The van der Waals surface area contributed by atoms with Gasteiger partial charge in [0.1, 0.15) is 6.10 Å². The van der Waals surface area contributed by atoms with Gasteiger partial charge in [-0.25, -0.2) is 4.58 Å². The number of carbonyl (C=O) groups excluding carboxylic acids is 1. The van der Waals surface area contributed by atoms with Gasteiger partial charge in [-0.3, -0.25) is 4.79 Å². The number of ether oxygens (including phenoxy) is 1. The van der Waals surface area contributed by atoms with Crippen LogP contribution in [0.25, 0.3) is 0 Å². The number of aliphatic hydroxyl groups excluding tert-OH is 2. The van der Waals surface area contributed by atoms with Gasteiger partial charge in [0.05, 0.1) is 26.2 Å². The molecule has 3 rings (SSSR count). The average molecular weight is 309 g/mol. The molecule has 0 aromatic heterocycles. The zero-order valence-electron chi connectivity index (χ0n) is 12.6. The highest BCUT2D eigenvalue weighted by atomic mass is 16.5. The summed E-state index contributed by atoms with van der Waals surface area (Å²) in [6.07, 6.45) is 1.14. The number of aliphatic hydroxyl groups is 2. The molecule has 1 unspecified atom stereocenters. The van der Waals surface area contributed by atoms with Crippen molar-refractivity contribution in [1.82, 2.24) is 9.80 Å². The SMILES string of the molecule is CN(C)C1=NC(=O)C2C(=N1)N([C@H]1[CH][C@H](O)[C@@H](CO)O1)C=[N+]2C. The lowest BCUT2D eigenvalue weighted by Crippen LogP contribution is -2.47. The zero-order valence-corrected chi connectivity index (χ0v) is 12.6. The number of carbonyl (C=O) groups is 1. The molecule has 3 heterocycles. The van der Waals surface area contributed by atoms with E-state index in [0.717, 1.165) is 0 Å². The summed E-state index contributed by atoms with van der Waals surface area (Å²) < 4.78 is 7.30. The van der Waals surface area contributed by atoms with Crippen molar-refractivity contribution in [3.05, 3.63) is 6.42 Å². The minimum atomic E-state index is -0.866. The second kappa shape index (κ2) is 5.41. The minimum absolute atomic E-state index is 0.281. The van der Waals surface area contributed by atoms with Crippen LogP contribution in [0.4, 0.5) is 0 Å². The van der Waals surface area contributed by atoms with Crippen molar-refractivity contribution in [2.75, 3.05) is 27.7 Å². The molecular weight excluding hydrogens is 290 g/mol. The number of fused-ring (bicyclic) bond motifs is 1. The van der Waals surface area contributed by atoms with Gasteiger partial charge in [-0.15, -0.1) is 0 Å². The largest absolute Gasteiger partial charge is 0.394 e. The van der Waals surface area contributed by atoms with Crippen molar-refractivity contribution in [3.8, 4) is 0 Å². The molecule has 1 fully saturated rings. The van der Waals surface area contributed by atoms with Crippen LogP contribution < -0.4 is 0 Å². The van der Waals surface area contributed by atoms with Gasteiger partial charge in [-0.1, -0.05) is 0 Å². The first kappa shape index (κ1) is 15.1. The summed E-state index contributed by atoms with van der Waals surface area (Å²) in [5, 5.41) is 19.0. The van der Waals surface area contributed by atoms with Gasteiger partial charge in [0.25, 0.3) is 11.9 Å². The van der Waals surface area contributed by atoms with Gasteiger partial charge in [-0.05, 0) is 0 Å². The molecule has 9 nitrogen and oxygen atoms in total. The number of likely N-dealkylation sites (N-methyl/N-ethyl adjacent to an activating group) is 1. The van der Waals surface area contributed by atoms with Crippen LogP contribution in [0, 0.1) is 6.42 Å². The monoisotopic (exact) mass is 309 g/mol. The van der Waals surface area contributed by atoms with E-state index in [9.17, 15) is 15.0 Å². The lowest BCUT2D eigenvalue weighted by molar-refractivity contribution is -0.497. The van der Waals surface area contributed by atoms with Crippen LogP contribution in [0.1, 0.15) is 0 Å². The summed E-state index contributed by atoms with van der Waals surface area (Å²) in [4.78, 5) is 24.0. The molecule has 3 aliphatic rings. The maximum Gasteiger partial charge on any atom is 0.304 e. The quantitative estimate of drug-likeness (QED) is 0.546. The zero-order chi connectivity index (χ0) is 16.0. The first-order chi connectivity index (χ1) is 10.4. The summed E-state index contributed by atoms with van der Waals surface area (Å²) in [6, 6.07) is -0.592. The van der Waals surface area contributed by atoms with Crippen LogP contribution in [-0.2, 0) is 9.53 Å². The van der Waals surface area contributed by atoms with E-state index in [1.54, 1.807) is 48.3 Å². The molecule has 0 aliphatic carbocycles. The van der Waals surface area contributed by atoms with Crippen molar-refractivity contribution in [2.45, 2.75) is 24.5 Å². The number of rotatable bonds is 2. The fourth-order valence-electron chi connectivity index (χ4n) is 2.64. The van der Waals surface area contributed by atoms with E-state index in [-0.39, 0.29) is 12.5 Å². The number of guanidine groups is 1. The Balaban J connectivity index is 1.90. The fourth-order valence-corrected chi connectivity index (χ4v) is 2.64. The lowest BCUT2D eigenvalue weighted by atomic mass is 10.1. The van der Waals surface area contributed by atoms with E-state index >= 15 is 0 Å². The van der Waals surface area contributed by atoms with Gasteiger partial charge in [-0.2, -0.15) is 14.9 Å². The van der Waals surface area contributed by atoms with Gasteiger partial charge in [0, 0.05) is 14.1 Å². The number of hydrogen-bond acceptors (Lipinski definition) is 7. The molecule has 0 spiro atoms. The van der Waals surface area contributed by atoms with E-state index in [4.69, 9.17) is 4.74 Å². The second-order valence-corrected chi connectivity index (χ2v) is 5.64. The van der Waals surface area contributed by atoms with E-state index in [1.807, 2.05) is 0 Å². The highest BCUT2D eigenvalue weighted by Gasteiger charge is 2.51. The minimum Gasteiger partial charge on any atom is -0.394 e. The molecule has 0 saturated carbocycles. The molecule has 119 valence electrons. The number of hydrogen-bond donors (Lipinski definition) is 2. The van der Waals surface area contributed by atoms with Crippen LogP contribution in [0.15, 0.2) is 9.98 Å². The molecular formula is C13H19N5O4+. The third kappa shape index (κ3) is 2.31. The Kier molecular flexibility index (Phi) is 3.71. The standard InChI is InChI=1S/C13H19N5O4/c1-16(2)13-14-11-10(12(21)15-13)17(3)6-18(11)9-4-7(20)8(5-19)22-9/h4,6-10,19-20H,5H2,1-3H3/q+1/t7-,8+,9+,10?/m0/s1. The van der Waals surface area contributed by atoms with Crippen molar-refractivity contribution < 1.29 is 24.3 Å². The van der Waals surface area contributed by atoms with Crippen LogP contribution >= 0.6 is 0 Å². The number of aliphatic imine (C=N–C) groups is 2. The Morgan fingerprint density at radius 2 is 2.18 bits per heavy atom. The topological polar surface area (TPSA) is 101 Å². The molecule has 22 heavy (non-hydrogen) atoms. The Morgan fingerprint density at radius 3 is 2.77 bits per heavy atom. The van der Waals surface area contributed by atoms with Gasteiger partial charge >= 0.3 is 5.91 Å². The maximum absolute atomic E-state index is 12.2. The number of amidine groups is 1. The van der Waals surface area contributed by atoms with Gasteiger partial charge in [0.15, 0.2) is 0 Å². The predicted octanol–water partition coefficient (Wildman–Crippen LogP) is -2.52. The molecule has 0 aromatic carbocycles.